The summed E-state index contributed by atoms with van der Waals surface area (Å²) in [7, 11) is 0. The molecular formula is C11H16N4O3. The summed E-state index contributed by atoms with van der Waals surface area (Å²) in [4.78, 5) is 17.8. The summed E-state index contributed by atoms with van der Waals surface area (Å²) in [6.45, 7) is 0.184. The van der Waals surface area contributed by atoms with Crippen LogP contribution in [-0.4, -0.2) is 32.6 Å². The summed E-state index contributed by atoms with van der Waals surface area (Å²) in [5, 5.41) is 22.6. The van der Waals surface area contributed by atoms with Crippen molar-refractivity contribution in [2.45, 2.75) is 31.7 Å². The second-order valence-electron chi connectivity index (χ2n) is 4.48. The molecule has 2 N–H and O–H groups in total. The molecular weight excluding hydrogens is 236 g/mol. The van der Waals surface area contributed by atoms with Crippen LogP contribution in [0.2, 0.25) is 0 Å². The van der Waals surface area contributed by atoms with Gasteiger partial charge in [0.05, 0.1) is 4.92 Å². The molecule has 0 bridgehead atoms. The first-order valence-corrected chi connectivity index (χ1v) is 6.04. The molecule has 18 heavy (non-hydrogen) atoms. The van der Waals surface area contributed by atoms with Crippen molar-refractivity contribution in [1.29, 1.82) is 0 Å². The van der Waals surface area contributed by atoms with Gasteiger partial charge < -0.3 is 10.4 Å². The van der Waals surface area contributed by atoms with E-state index in [-0.39, 0.29) is 18.3 Å². The minimum absolute atomic E-state index is 0.112. The zero-order valence-electron chi connectivity index (χ0n) is 9.95. The van der Waals surface area contributed by atoms with Crippen LogP contribution in [0.5, 0.6) is 0 Å². The first kappa shape index (κ1) is 12.7. The predicted octanol–water partition coefficient (Wildman–Crippen LogP) is 1.35. The van der Waals surface area contributed by atoms with Crippen molar-refractivity contribution in [2.24, 2.45) is 5.92 Å². The minimum atomic E-state index is -0.520. The van der Waals surface area contributed by atoms with Gasteiger partial charge in [0.1, 0.15) is 12.4 Å². The van der Waals surface area contributed by atoms with Gasteiger partial charge in [-0.3, -0.25) is 10.1 Å². The van der Waals surface area contributed by atoms with Crippen LogP contribution in [0, 0.1) is 16.0 Å². The van der Waals surface area contributed by atoms with E-state index in [4.69, 9.17) is 5.11 Å². The van der Waals surface area contributed by atoms with Crippen molar-refractivity contribution in [1.82, 2.24) is 9.97 Å². The Kier molecular flexibility index (Phi) is 4.03. The third kappa shape index (κ3) is 2.92. The van der Waals surface area contributed by atoms with Crippen LogP contribution < -0.4 is 5.32 Å². The molecule has 1 aromatic rings. The van der Waals surface area contributed by atoms with E-state index < -0.39 is 4.92 Å². The van der Waals surface area contributed by atoms with E-state index >= 15 is 0 Å². The van der Waals surface area contributed by atoms with Crippen LogP contribution in [0.4, 0.5) is 11.6 Å². The van der Waals surface area contributed by atoms with Crippen molar-refractivity contribution in [2.75, 3.05) is 11.9 Å². The highest BCUT2D eigenvalue weighted by Gasteiger charge is 2.27. The molecule has 1 aromatic heterocycles. The summed E-state index contributed by atoms with van der Waals surface area (Å²) < 4.78 is 0. The molecule has 0 aromatic carbocycles. The lowest BCUT2D eigenvalue weighted by Gasteiger charge is -2.19. The number of hydrogen-bond acceptors (Lipinski definition) is 6. The molecule has 7 heteroatoms. The molecule has 0 aliphatic heterocycles. The van der Waals surface area contributed by atoms with Crippen LogP contribution in [0.15, 0.2) is 12.4 Å². The molecule has 1 fully saturated rings. The number of anilines is 1. The lowest BCUT2D eigenvalue weighted by Crippen LogP contribution is -2.25. The third-order valence-electron chi connectivity index (χ3n) is 3.32. The predicted molar refractivity (Wildman–Crippen MR) is 65.1 cm³/mol. The first-order chi connectivity index (χ1) is 8.70. The Morgan fingerprint density at radius 3 is 2.78 bits per heavy atom. The average molecular weight is 252 g/mol. The molecule has 98 valence electrons. The average Bonchev–Trinajstić information content (AvgIpc) is 2.78. The molecule has 1 aliphatic rings. The van der Waals surface area contributed by atoms with E-state index in [0.717, 1.165) is 25.7 Å². The number of nitro groups is 1. The maximum Gasteiger partial charge on any atom is 0.305 e. The number of nitrogens with zero attached hydrogens (tertiary/aromatic N) is 3. The minimum Gasteiger partial charge on any atom is -0.396 e. The Balaban J connectivity index is 1.98. The van der Waals surface area contributed by atoms with Gasteiger partial charge in [-0.15, -0.1) is 0 Å². The van der Waals surface area contributed by atoms with Crippen molar-refractivity contribution in [3.63, 3.8) is 0 Å². The molecule has 2 atom stereocenters. The normalized spacial score (nSPS) is 22.9. The molecule has 0 amide bonds. The largest absolute Gasteiger partial charge is 0.396 e. The Labute approximate surface area is 104 Å². The highest BCUT2D eigenvalue weighted by atomic mass is 16.6. The van der Waals surface area contributed by atoms with Crippen molar-refractivity contribution in [3.05, 3.63) is 22.5 Å². The quantitative estimate of drug-likeness (QED) is 0.606. The van der Waals surface area contributed by atoms with E-state index in [1.807, 2.05) is 0 Å². The summed E-state index contributed by atoms with van der Waals surface area (Å²) in [6.07, 6.45) is 6.40. The van der Waals surface area contributed by atoms with E-state index in [9.17, 15) is 10.1 Å². The Hall–Kier alpha value is -1.76. The Morgan fingerprint density at radius 1 is 1.44 bits per heavy atom. The van der Waals surface area contributed by atoms with Crippen molar-refractivity contribution in [3.8, 4) is 0 Å². The molecule has 1 aliphatic carbocycles. The molecule has 1 heterocycles. The van der Waals surface area contributed by atoms with Crippen LogP contribution in [-0.2, 0) is 0 Å². The topological polar surface area (TPSA) is 101 Å². The Morgan fingerprint density at radius 2 is 2.17 bits per heavy atom. The van der Waals surface area contributed by atoms with E-state index in [1.165, 1.54) is 12.4 Å². The van der Waals surface area contributed by atoms with Gasteiger partial charge in [-0.2, -0.15) is 0 Å². The van der Waals surface area contributed by atoms with Gasteiger partial charge in [0.15, 0.2) is 0 Å². The highest BCUT2D eigenvalue weighted by Crippen LogP contribution is 2.30. The number of rotatable bonds is 5. The maximum atomic E-state index is 10.5. The van der Waals surface area contributed by atoms with Gasteiger partial charge in [-0.05, 0) is 25.2 Å². The molecule has 0 radical (unpaired) electrons. The second kappa shape index (κ2) is 5.72. The number of aromatic nitrogens is 2. The van der Waals surface area contributed by atoms with Crippen LogP contribution in [0.1, 0.15) is 25.7 Å². The summed E-state index contributed by atoms with van der Waals surface area (Å²) in [6, 6.07) is 0.249. The lowest BCUT2D eigenvalue weighted by atomic mass is 10.0. The lowest BCUT2D eigenvalue weighted by molar-refractivity contribution is -0.385. The van der Waals surface area contributed by atoms with Gasteiger partial charge in [0.2, 0.25) is 5.95 Å². The van der Waals surface area contributed by atoms with E-state index in [2.05, 4.69) is 15.3 Å². The van der Waals surface area contributed by atoms with E-state index in [0.29, 0.717) is 11.9 Å². The summed E-state index contributed by atoms with van der Waals surface area (Å²) in [5.41, 5.74) is -0.112. The van der Waals surface area contributed by atoms with Gasteiger partial charge in [0, 0.05) is 12.6 Å². The van der Waals surface area contributed by atoms with Gasteiger partial charge in [-0.1, -0.05) is 6.42 Å². The maximum absolute atomic E-state index is 10.5. The molecule has 7 nitrogen and oxygen atoms in total. The molecule has 2 unspecified atom stereocenters. The monoisotopic (exact) mass is 252 g/mol. The summed E-state index contributed by atoms with van der Waals surface area (Å²) in [5.74, 6) is 0.837. The zero-order chi connectivity index (χ0) is 13.0. The van der Waals surface area contributed by atoms with Crippen LogP contribution >= 0.6 is 0 Å². The molecule has 1 saturated carbocycles. The fraction of sp³-hybridized carbons (Fsp3) is 0.636. The second-order valence-corrected chi connectivity index (χ2v) is 4.48. The zero-order valence-corrected chi connectivity index (χ0v) is 9.95. The number of hydrogen-bond donors (Lipinski definition) is 2. The van der Waals surface area contributed by atoms with Gasteiger partial charge >= 0.3 is 5.69 Å². The van der Waals surface area contributed by atoms with Gasteiger partial charge in [0.25, 0.3) is 0 Å². The van der Waals surface area contributed by atoms with Crippen LogP contribution in [0.3, 0.4) is 0 Å². The van der Waals surface area contributed by atoms with Crippen molar-refractivity contribution < 1.29 is 10.0 Å². The smallest absolute Gasteiger partial charge is 0.305 e. The standard InChI is InChI=1S/C11H16N4O3/c16-5-4-8-2-1-3-10(8)14-11-12-6-9(7-13-11)15(17)18/h6-8,10,16H,1-5H2,(H,12,13,14). The third-order valence-corrected chi connectivity index (χ3v) is 3.32. The SMILES string of the molecule is O=[N+]([O-])c1cnc(NC2CCCC2CCO)nc1. The fourth-order valence-electron chi connectivity index (χ4n) is 2.39. The molecule has 0 saturated heterocycles. The number of aliphatic hydroxyl groups is 1. The van der Waals surface area contributed by atoms with Crippen molar-refractivity contribution >= 4 is 11.6 Å². The highest BCUT2D eigenvalue weighted by molar-refractivity contribution is 5.32. The molecule has 2 rings (SSSR count). The summed E-state index contributed by atoms with van der Waals surface area (Å²) >= 11 is 0. The van der Waals surface area contributed by atoms with Crippen LogP contribution in [0.25, 0.3) is 0 Å². The number of aliphatic hydroxyl groups excluding tert-OH is 1. The number of nitrogens with one attached hydrogen (secondary N) is 1. The van der Waals surface area contributed by atoms with Gasteiger partial charge in [-0.25, -0.2) is 9.97 Å². The first-order valence-electron chi connectivity index (χ1n) is 6.04. The Bertz CT molecular complexity index is 409. The molecule has 0 spiro atoms. The van der Waals surface area contributed by atoms with E-state index in [1.54, 1.807) is 0 Å². The fourth-order valence-corrected chi connectivity index (χ4v) is 2.39.